The maximum absolute atomic E-state index is 11.4. The van der Waals surface area contributed by atoms with E-state index in [0.29, 0.717) is 6.42 Å². The molecule has 4 N–H and O–H groups in total. The van der Waals surface area contributed by atoms with Gasteiger partial charge >= 0.3 is 0 Å². The minimum atomic E-state index is -1.13. The molecular formula is C13H16N2O2. The van der Waals surface area contributed by atoms with Crippen LogP contribution in [-0.2, 0) is 9.59 Å². The summed E-state index contributed by atoms with van der Waals surface area (Å²) in [6.07, 6.45) is 0.466. The molecule has 0 saturated heterocycles. The molecule has 0 radical (unpaired) electrons. The van der Waals surface area contributed by atoms with Crippen LogP contribution < -0.4 is 11.5 Å². The lowest BCUT2D eigenvalue weighted by molar-refractivity contribution is -0.134. The topological polar surface area (TPSA) is 86.2 Å². The standard InChI is InChI=1S/C13H16N2O2/c1-8(9-5-3-2-4-6-9)10-7-13(10,11(14)16)12(15)17/h2-6,8,10H,7H2,1H3,(H2,14,16)(H2,15,17)/t8-,10?/m0/s1. The molecular weight excluding hydrogens is 216 g/mol. The molecule has 1 aliphatic rings. The van der Waals surface area contributed by atoms with Crippen molar-refractivity contribution in [1.29, 1.82) is 0 Å². The van der Waals surface area contributed by atoms with E-state index in [1.165, 1.54) is 0 Å². The highest BCUT2D eigenvalue weighted by atomic mass is 16.2. The highest BCUT2D eigenvalue weighted by Gasteiger charge is 2.65. The van der Waals surface area contributed by atoms with Crippen molar-refractivity contribution in [1.82, 2.24) is 0 Å². The Morgan fingerprint density at radius 3 is 2.18 bits per heavy atom. The number of amides is 2. The number of carbonyl (C=O) groups is 2. The fraction of sp³-hybridized carbons (Fsp3) is 0.385. The lowest BCUT2D eigenvalue weighted by atomic mass is 9.89. The van der Waals surface area contributed by atoms with Crippen LogP contribution in [0.5, 0.6) is 0 Å². The van der Waals surface area contributed by atoms with E-state index in [1.807, 2.05) is 37.3 Å². The SMILES string of the molecule is C[C@@H](c1ccccc1)C1CC1(C(N)=O)C(N)=O. The van der Waals surface area contributed by atoms with E-state index < -0.39 is 17.2 Å². The van der Waals surface area contributed by atoms with Gasteiger partial charge in [0.1, 0.15) is 5.41 Å². The van der Waals surface area contributed by atoms with Crippen LogP contribution in [0.4, 0.5) is 0 Å². The Balaban J connectivity index is 2.22. The van der Waals surface area contributed by atoms with Gasteiger partial charge < -0.3 is 11.5 Å². The van der Waals surface area contributed by atoms with Crippen molar-refractivity contribution in [3.05, 3.63) is 35.9 Å². The van der Waals surface area contributed by atoms with Crippen molar-refractivity contribution >= 4 is 11.8 Å². The summed E-state index contributed by atoms with van der Waals surface area (Å²) in [6, 6.07) is 9.76. The fourth-order valence-electron chi connectivity index (χ4n) is 2.57. The molecule has 1 saturated carbocycles. The molecule has 4 heteroatoms. The Bertz CT molecular complexity index is 442. The minimum absolute atomic E-state index is 0.0695. The van der Waals surface area contributed by atoms with Crippen molar-refractivity contribution in [2.45, 2.75) is 19.3 Å². The number of benzene rings is 1. The molecule has 0 spiro atoms. The van der Waals surface area contributed by atoms with Gasteiger partial charge in [0.15, 0.2) is 0 Å². The first-order valence-corrected chi connectivity index (χ1v) is 5.65. The molecule has 4 nitrogen and oxygen atoms in total. The first kappa shape index (κ1) is 11.6. The molecule has 1 fully saturated rings. The van der Waals surface area contributed by atoms with Crippen molar-refractivity contribution in [3.63, 3.8) is 0 Å². The summed E-state index contributed by atoms with van der Waals surface area (Å²) in [5.74, 6) is -1.16. The first-order valence-electron chi connectivity index (χ1n) is 5.65. The largest absolute Gasteiger partial charge is 0.369 e. The maximum atomic E-state index is 11.4. The average Bonchev–Trinajstić information content (AvgIpc) is 3.06. The zero-order chi connectivity index (χ0) is 12.6. The van der Waals surface area contributed by atoms with Crippen molar-refractivity contribution < 1.29 is 9.59 Å². The third-order valence-corrected chi connectivity index (χ3v) is 3.82. The Labute approximate surface area is 100.0 Å². The van der Waals surface area contributed by atoms with Crippen molar-refractivity contribution in [3.8, 4) is 0 Å². The van der Waals surface area contributed by atoms with Gasteiger partial charge in [-0.05, 0) is 23.8 Å². The number of carbonyl (C=O) groups excluding carboxylic acids is 2. The second-order valence-electron chi connectivity index (χ2n) is 4.71. The quantitative estimate of drug-likeness (QED) is 0.751. The van der Waals surface area contributed by atoms with E-state index in [1.54, 1.807) is 0 Å². The summed E-state index contributed by atoms with van der Waals surface area (Å²) in [5.41, 5.74) is 10.6. The van der Waals surface area contributed by atoms with E-state index in [9.17, 15) is 9.59 Å². The Morgan fingerprint density at radius 1 is 1.24 bits per heavy atom. The van der Waals surface area contributed by atoms with Crippen LogP contribution in [0.1, 0.15) is 24.8 Å². The summed E-state index contributed by atoms with van der Waals surface area (Å²) in [7, 11) is 0. The molecule has 0 aliphatic heterocycles. The van der Waals surface area contributed by atoms with Gasteiger partial charge in [0.05, 0.1) is 0 Å². The van der Waals surface area contributed by atoms with Gasteiger partial charge in [-0.15, -0.1) is 0 Å². The van der Waals surface area contributed by atoms with Gasteiger partial charge in [-0.3, -0.25) is 9.59 Å². The van der Waals surface area contributed by atoms with Crippen LogP contribution in [-0.4, -0.2) is 11.8 Å². The predicted octanol–water partition coefficient (Wildman–Crippen LogP) is 0.767. The Hall–Kier alpha value is -1.84. The number of rotatable bonds is 4. The monoisotopic (exact) mass is 232 g/mol. The zero-order valence-corrected chi connectivity index (χ0v) is 9.72. The lowest BCUT2D eigenvalue weighted by Gasteiger charge is -2.15. The van der Waals surface area contributed by atoms with E-state index in [-0.39, 0.29) is 11.8 Å². The molecule has 2 amide bonds. The molecule has 2 atom stereocenters. The van der Waals surface area contributed by atoms with Gasteiger partial charge in [-0.2, -0.15) is 0 Å². The van der Waals surface area contributed by atoms with Crippen molar-refractivity contribution in [2.75, 3.05) is 0 Å². The molecule has 1 aliphatic carbocycles. The van der Waals surface area contributed by atoms with Crippen LogP contribution >= 0.6 is 0 Å². The average molecular weight is 232 g/mol. The predicted molar refractivity (Wildman–Crippen MR) is 63.8 cm³/mol. The summed E-state index contributed by atoms with van der Waals surface area (Å²) in [4.78, 5) is 22.8. The Morgan fingerprint density at radius 2 is 1.76 bits per heavy atom. The van der Waals surface area contributed by atoms with E-state index in [4.69, 9.17) is 11.5 Å². The normalized spacial score (nSPS) is 22.8. The van der Waals surface area contributed by atoms with Gasteiger partial charge in [0.25, 0.3) is 0 Å². The summed E-state index contributed by atoms with van der Waals surface area (Å²) < 4.78 is 0. The van der Waals surface area contributed by atoms with Crippen LogP contribution in [0.3, 0.4) is 0 Å². The molecule has 1 unspecified atom stereocenters. The fourth-order valence-corrected chi connectivity index (χ4v) is 2.57. The molecule has 1 aromatic rings. The number of hydrogen-bond donors (Lipinski definition) is 2. The molecule has 0 aromatic heterocycles. The molecule has 0 bridgehead atoms. The molecule has 2 rings (SSSR count). The van der Waals surface area contributed by atoms with Gasteiger partial charge in [-0.25, -0.2) is 0 Å². The van der Waals surface area contributed by atoms with Gasteiger partial charge in [-0.1, -0.05) is 37.3 Å². The minimum Gasteiger partial charge on any atom is -0.369 e. The van der Waals surface area contributed by atoms with E-state index >= 15 is 0 Å². The number of primary amides is 2. The molecule has 0 heterocycles. The van der Waals surface area contributed by atoms with E-state index in [2.05, 4.69) is 0 Å². The lowest BCUT2D eigenvalue weighted by Crippen LogP contribution is -2.39. The maximum Gasteiger partial charge on any atom is 0.233 e. The second kappa shape index (κ2) is 3.87. The molecule has 17 heavy (non-hydrogen) atoms. The summed E-state index contributed by atoms with van der Waals surface area (Å²) in [6.45, 7) is 1.99. The highest BCUT2D eigenvalue weighted by molar-refractivity contribution is 6.07. The van der Waals surface area contributed by atoms with Crippen molar-refractivity contribution in [2.24, 2.45) is 22.8 Å². The Kier molecular flexibility index (Phi) is 2.65. The molecule has 1 aromatic carbocycles. The smallest absolute Gasteiger partial charge is 0.233 e. The van der Waals surface area contributed by atoms with Gasteiger partial charge in [0, 0.05) is 0 Å². The third-order valence-electron chi connectivity index (χ3n) is 3.82. The van der Waals surface area contributed by atoms with Crippen LogP contribution in [0, 0.1) is 11.3 Å². The number of hydrogen-bond acceptors (Lipinski definition) is 2. The van der Waals surface area contributed by atoms with Crippen LogP contribution in [0.2, 0.25) is 0 Å². The third kappa shape index (κ3) is 1.69. The summed E-state index contributed by atoms with van der Waals surface area (Å²) in [5, 5.41) is 0. The van der Waals surface area contributed by atoms with Gasteiger partial charge in [0.2, 0.25) is 11.8 Å². The van der Waals surface area contributed by atoms with E-state index in [0.717, 1.165) is 5.56 Å². The number of nitrogens with two attached hydrogens (primary N) is 2. The first-order chi connectivity index (χ1) is 8.00. The zero-order valence-electron chi connectivity index (χ0n) is 9.72. The summed E-state index contributed by atoms with van der Waals surface area (Å²) >= 11 is 0. The molecule has 90 valence electrons. The second-order valence-corrected chi connectivity index (χ2v) is 4.71. The van der Waals surface area contributed by atoms with Crippen LogP contribution in [0.15, 0.2) is 30.3 Å². The highest BCUT2D eigenvalue weighted by Crippen LogP contribution is 2.58. The van der Waals surface area contributed by atoms with Crippen LogP contribution in [0.25, 0.3) is 0 Å².